The highest BCUT2D eigenvalue weighted by Gasteiger charge is 2.30. The smallest absolute Gasteiger partial charge is 0.337 e. The minimum Gasteiger partial charge on any atom is -0.465 e. The Morgan fingerprint density at radius 1 is 1.23 bits per heavy atom. The Bertz CT molecular complexity index is 923. The molecule has 1 amide bonds. The van der Waals surface area contributed by atoms with Crippen molar-refractivity contribution in [3.8, 4) is 0 Å². The number of benzene rings is 2. The lowest BCUT2D eigenvalue weighted by Gasteiger charge is -2.07. The molecule has 0 radical (unpaired) electrons. The second-order valence-electron chi connectivity index (χ2n) is 5.46. The summed E-state index contributed by atoms with van der Waals surface area (Å²) in [6.45, 7) is 0. The first-order chi connectivity index (χ1) is 12.5. The van der Waals surface area contributed by atoms with Crippen LogP contribution in [0.3, 0.4) is 0 Å². The molecule has 0 aromatic heterocycles. The van der Waals surface area contributed by atoms with Crippen LogP contribution >= 0.6 is 11.8 Å². The van der Waals surface area contributed by atoms with Gasteiger partial charge in [-0.25, -0.2) is 14.2 Å². The van der Waals surface area contributed by atoms with Crippen molar-refractivity contribution in [2.45, 2.75) is 0 Å². The van der Waals surface area contributed by atoms with Gasteiger partial charge in [0, 0.05) is 7.05 Å². The maximum Gasteiger partial charge on any atom is 0.337 e. The Labute approximate surface area is 154 Å². The highest BCUT2D eigenvalue weighted by atomic mass is 32.2. The predicted octanol–water partition coefficient (Wildman–Crippen LogP) is 3.85. The molecule has 5 nitrogen and oxygen atoms in total. The number of carbonyl (C=O) groups excluding carboxylic acids is 2. The van der Waals surface area contributed by atoms with Crippen molar-refractivity contribution >= 4 is 40.6 Å². The van der Waals surface area contributed by atoms with Gasteiger partial charge in [-0.3, -0.25) is 9.69 Å². The van der Waals surface area contributed by atoms with Gasteiger partial charge in [-0.15, -0.1) is 0 Å². The molecule has 132 valence electrons. The predicted molar refractivity (Wildman–Crippen MR) is 99.6 cm³/mol. The van der Waals surface area contributed by atoms with E-state index in [-0.39, 0.29) is 11.7 Å². The standard InChI is InChI=1S/C19H15FN2O3S/c1-22-17(23)16(10-12-6-8-14(20)9-7-12)26-19(22)21-15-5-3-4-13(11-15)18(24)25-2/h3-11H,1-2H3. The molecule has 2 aromatic rings. The molecule has 0 spiro atoms. The fourth-order valence-corrected chi connectivity index (χ4v) is 3.28. The van der Waals surface area contributed by atoms with Crippen LogP contribution in [0.25, 0.3) is 6.08 Å². The lowest BCUT2D eigenvalue weighted by atomic mass is 10.2. The van der Waals surface area contributed by atoms with Crippen molar-refractivity contribution in [1.82, 2.24) is 4.90 Å². The molecule has 1 saturated heterocycles. The van der Waals surface area contributed by atoms with Gasteiger partial charge in [-0.1, -0.05) is 18.2 Å². The summed E-state index contributed by atoms with van der Waals surface area (Å²) in [5, 5.41) is 0.491. The largest absolute Gasteiger partial charge is 0.465 e. The second-order valence-corrected chi connectivity index (χ2v) is 6.47. The first-order valence-corrected chi connectivity index (χ1v) is 8.50. The third-order valence-electron chi connectivity index (χ3n) is 3.66. The summed E-state index contributed by atoms with van der Waals surface area (Å²) in [6.07, 6.45) is 1.69. The highest BCUT2D eigenvalue weighted by Crippen LogP contribution is 2.33. The molecule has 26 heavy (non-hydrogen) atoms. The van der Waals surface area contributed by atoms with Gasteiger partial charge < -0.3 is 4.74 Å². The molecule has 0 aliphatic carbocycles. The number of amidine groups is 1. The van der Waals surface area contributed by atoms with Crippen LogP contribution in [0.2, 0.25) is 0 Å². The lowest BCUT2D eigenvalue weighted by molar-refractivity contribution is -0.121. The third kappa shape index (κ3) is 3.83. The van der Waals surface area contributed by atoms with E-state index < -0.39 is 5.97 Å². The fourth-order valence-electron chi connectivity index (χ4n) is 2.29. The van der Waals surface area contributed by atoms with Crippen LogP contribution in [0.4, 0.5) is 10.1 Å². The van der Waals surface area contributed by atoms with Crippen molar-refractivity contribution in [2.24, 2.45) is 4.99 Å². The van der Waals surface area contributed by atoms with Crippen molar-refractivity contribution < 1.29 is 18.7 Å². The molecular formula is C19H15FN2O3S. The number of rotatable bonds is 3. The molecule has 7 heteroatoms. The maximum absolute atomic E-state index is 13.0. The quantitative estimate of drug-likeness (QED) is 0.608. The lowest BCUT2D eigenvalue weighted by Crippen LogP contribution is -2.23. The summed E-state index contributed by atoms with van der Waals surface area (Å²) in [5.74, 6) is -0.975. The van der Waals surface area contributed by atoms with Crippen molar-refractivity contribution in [3.63, 3.8) is 0 Å². The summed E-state index contributed by atoms with van der Waals surface area (Å²) < 4.78 is 17.7. The molecule has 0 bridgehead atoms. The van der Waals surface area contributed by atoms with Crippen LogP contribution in [-0.2, 0) is 9.53 Å². The number of hydrogen-bond donors (Lipinski definition) is 0. The normalized spacial score (nSPS) is 17.2. The zero-order valence-electron chi connectivity index (χ0n) is 14.1. The summed E-state index contributed by atoms with van der Waals surface area (Å²) in [4.78, 5) is 30.4. The minimum absolute atomic E-state index is 0.192. The number of esters is 1. The number of methoxy groups -OCH3 is 1. The van der Waals surface area contributed by atoms with Crippen molar-refractivity contribution in [2.75, 3.05) is 14.2 Å². The highest BCUT2D eigenvalue weighted by molar-refractivity contribution is 8.18. The number of ether oxygens (including phenoxy) is 1. The van der Waals surface area contributed by atoms with E-state index in [0.717, 1.165) is 5.56 Å². The van der Waals surface area contributed by atoms with Gasteiger partial charge in [0.05, 0.1) is 23.3 Å². The van der Waals surface area contributed by atoms with E-state index in [9.17, 15) is 14.0 Å². The van der Waals surface area contributed by atoms with Crippen LogP contribution in [0.1, 0.15) is 15.9 Å². The van der Waals surface area contributed by atoms with Gasteiger partial charge in [-0.05, 0) is 53.7 Å². The summed E-state index contributed by atoms with van der Waals surface area (Å²) in [6, 6.07) is 12.5. The zero-order chi connectivity index (χ0) is 18.7. The molecule has 3 rings (SSSR count). The molecule has 1 aliphatic rings. The van der Waals surface area contributed by atoms with Crippen LogP contribution in [0.5, 0.6) is 0 Å². The number of nitrogens with zero attached hydrogens (tertiary/aromatic N) is 2. The number of halogens is 1. The number of carbonyl (C=O) groups is 2. The van der Waals surface area contributed by atoms with E-state index >= 15 is 0 Å². The third-order valence-corrected chi connectivity index (χ3v) is 4.72. The van der Waals surface area contributed by atoms with E-state index in [1.54, 1.807) is 49.5 Å². The van der Waals surface area contributed by atoms with Gasteiger partial charge in [-0.2, -0.15) is 0 Å². The van der Waals surface area contributed by atoms with Gasteiger partial charge in [0.25, 0.3) is 5.91 Å². The number of likely N-dealkylation sites (N-methyl/N-ethyl adjacent to an activating group) is 1. The van der Waals surface area contributed by atoms with E-state index in [4.69, 9.17) is 4.74 Å². The van der Waals surface area contributed by atoms with Crippen LogP contribution < -0.4 is 0 Å². The molecule has 1 aliphatic heterocycles. The molecular weight excluding hydrogens is 355 g/mol. The number of aliphatic imine (C=N–C) groups is 1. The second kappa shape index (κ2) is 7.53. The number of hydrogen-bond acceptors (Lipinski definition) is 5. The summed E-state index contributed by atoms with van der Waals surface area (Å²) >= 11 is 1.22. The molecule has 0 atom stereocenters. The van der Waals surface area contributed by atoms with E-state index in [1.165, 1.54) is 35.9 Å². The van der Waals surface area contributed by atoms with Crippen LogP contribution in [0.15, 0.2) is 58.4 Å². The Morgan fingerprint density at radius 2 is 1.96 bits per heavy atom. The maximum atomic E-state index is 13.0. The van der Waals surface area contributed by atoms with Gasteiger partial charge >= 0.3 is 5.97 Å². The van der Waals surface area contributed by atoms with E-state index in [1.807, 2.05) is 0 Å². The van der Waals surface area contributed by atoms with Crippen LogP contribution in [0, 0.1) is 5.82 Å². The van der Waals surface area contributed by atoms with Gasteiger partial charge in [0.15, 0.2) is 5.17 Å². The molecule has 2 aromatic carbocycles. The Morgan fingerprint density at radius 3 is 2.65 bits per heavy atom. The molecule has 1 heterocycles. The van der Waals surface area contributed by atoms with Crippen molar-refractivity contribution in [1.29, 1.82) is 0 Å². The van der Waals surface area contributed by atoms with Crippen molar-refractivity contribution in [3.05, 3.63) is 70.4 Å². The van der Waals surface area contributed by atoms with Crippen LogP contribution in [-0.4, -0.2) is 36.1 Å². The molecule has 0 unspecified atom stereocenters. The first-order valence-electron chi connectivity index (χ1n) is 7.68. The minimum atomic E-state index is -0.451. The SMILES string of the molecule is COC(=O)c1cccc(N=C2SC(=Cc3ccc(F)cc3)C(=O)N2C)c1. The summed E-state index contributed by atoms with van der Waals surface area (Å²) in [5.41, 5.74) is 1.65. The van der Waals surface area contributed by atoms with Gasteiger partial charge in [0.1, 0.15) is 5.82 Å². The summed E-state index contributed by atoms with van der Waals surface area (Å²) in [7, 11) is 2.94. The molecule has 1 fully saturated rings. The Kier molecular flexibility index (Phi) is 5.18. The Balaban J connectivity index is 1.88. The molecule has 0 saturated carbocycles. The zero-order valence-corrected chi connectivity index (χ0v) is 14.9. The average Bonchev–Trinajstić information content (AvgIpc) is 2.91. The number of thioether (sulfide) groups is 1. The average molecular weight is 370 g/mol. The van der Waals surface area contributed by atoms with Gasteiger partial charge in [0.2, 0.25) is 0 Å². The monoisotopic (exact) mass is 370 g/mol. The number of amides is 1. The van der Waals surface area contributed by atoms with E-state index in [2.05, 4.69) is 4.99 Å². The first kappa shape index (κ1) is 17.9. The molecule has 0 N–H and O–H groups in total. The topological polar surface area (TPSA) is 59.0 Å². The van der Waals surface area contributed by atoms with E-state index in [0.29, 0.717) is 21.3 Å². The Hall–Kier alpha value is -2.93. The fraction of sp³-hybridized carbons (Fsp3) is 0.105.